The Morgan fingerprint density at radius 1 is 0.917 bits per heavy atom. The molecule has 0 spiro atoms. The number of nitrogens with zero attached hydrogens (tertiary/aromatic N) is 1. The van der Waals surface area contributed by atoms with Crippen LogP contribution in [0.4, 0.5) is 0 Å². The fourth-order valence-electron chi connectivity index (χ4n) is 3.60. The molecule has 124 valence electrons. The van der Waals surface area contributed by atoms with E-state index < -0.39 is 0 Å². The molecule has 2 aromatic carbocycles. The number of para-hydroxylation sites is 1. The van der Waals surface area contributed by atoms with Gasteiger partial charge in [0.25, 0.3) is 5.91 Å². The van der Waals surface area contributed by atoms with Crippen molar-refractivity contribution >= 4 is 5.91 Å². The Morgan fingerprint density at radius 2 is 1.62 bits per heavy atom. The summed E-state index contributed by atoms with van der Waals surface area (Å²) >= 11 is 0. The fraction of sp³-hybridized carbons (Fsp3) is 0.350. The summed E-state index contributed by atoms with van der Waals surface area (Å²) in [6.07, 6.45) is 3.48. The van der Waals surface area contributed by atoms with Crippen LogP contribution in [-0.4, -0.2) is 36.0 Å². The van der Waals surface area contributed by atoms with Crippen molar-refractivity contribution in [3.05, 3.63) is 60.2 Å². The monoisotopic (exact) mass is 322 g/mol. The van der Waals surface area contributed by atoms with Crippen molar-refractivity contribution in [1.82, 2.24) is 10.2 Å². The largest absolute Gasteiger partial charge is 0.457 e. The Hall–Kier alpha value is -2.33. The van der Waals surface area contributed by atoms with Crippen molar-refractivity contribution in [3.8, 4) is 11.5 Å². The average Bonchev–Trinajstić information content (AvgIpc) is 2.95. The van der Waals surface area contributed by atoms with E-state index in [-0.39, 0.29) is 5.91 Å². The maximum atomic E-state index is 12.8. The molecule has 2 fully saturated rings. The van der Waals surface area contributed by atoms with E-state index in [1.54, 1.807) is 0 Å². The van der Waals surface area contributed by atoms with Crippen LogP contribution >= 0.6 is 0 Å². The van der Waals surface area contributed by atoms with Crippen molar-refractivity contribution in [3.63, 3.8) is 0 Å². The summed E-state index contributed by atoms with van der Waals surface area (Å²) in [5.74, 6) is 1.66. The molecule has 2 saturated heterocycles. The van der Waals surface area contributed by atoms with Crippen molar-refractivity contribution in [2.45, 2.75) is 31.3 Å². The molecule has 2 aromatic rings. The second-order valence-corrected chi connectivity index (χ2v) is 6.62. The van der Waals surface area contributed by atoms with Gasteiger partial charge in [-0.2, -0.15) is 0 Å². The predicted octanol–water partition coefficient (Wildman–Crippen LogP) is 3.45. The molecule has 4 nitrogen and oxygen atoms in total. The topological polar surface area (TPSA) is 41.6 Å². The van der Waals surface area contributed by atoms with Gasteiger partial charge in [-0.15, -0.1) is 0 Å². The Bertz CT molecular complexity index is 699. The zero-order chi connectivity index (χ0) is 16.4. The Morgan fingerprint density at radius 3 is 2.42 bits per heavy atom. The van der Waals surface area contributed by atoms with Crippen LogP contribution in [0.15, 0.2) is 54.6 Å². The Labute approximate surface area is 142 Å². The third kappa shape index (κ3) is 3.29. The molecule has 4 rings (SSSR count). The maximum Gasteiger partial charge on any atom is 0.253 e. The average molecular weight is 322 g/mol. The summed E-state index contributed by atoms with van der Waals surface area (Å²) in [6.45, 7) is 1.66. The van der Waals surface area contributed by atoms with Crippen LogP contribution in [-0.2, 0) is 0 Å². The van der Waals surface area contributed by atoms with Gasteiger partial charge in [0.05, 0.1) is 0 Å². The summed E-state index contributed by atoms with van der Waals surface area (Å²) in [5, 5.41) is 3.61. The zero-order valence-electron chi connectivity index (χ0n) is 13.7. The second-order valence-electron chi connectivity index (χ2n) is 6.62. The smallest absolute Gasteiger partial charge is 0.253 e. The Kier molecular flexibility index (Phi) is 4.22. The van der Waals surface area contributed by atoms with E-state index in [1.807, 2.05) is 59.5 Å². The number of hydrogen-bond donors (Lipinski definition) is 1. The molecule has 0 aromatic heterocycles. The first kappa shape index (κ1) is 15.2. The van der Waals surface area contributed by atoms with Gasteiger partial charge in [0.2, 0.25) is 0 Å². The predicted molar refractivity (Wildman–Crippen MR) is 93.4 cm³/mol. The molecule has 4 heteroatoms. The minimum absolute atomic E-state index is 0.121. The standard InChI is InChI=1S/C20H22N2O2/c23-20(22-13-12-16-8-9-17(14-22)21-16)15-6-10-19(11-7-15)24-18-4-2-1-3-5-18/h1-7,10-11,16-17,21H,8-9,12-14H2. The Balaban J connectivity index is 1.43. The lowest BCUT2D eigenvalue weighted by atomic mass is 10.1. The van der Waals surface area contributed by atoms with Crippen LogP contribution in [0.1, 0.15) is 29.6 Å². The first-order chi connectivity index (χ1) is 11.8. The van der Waals surface area contributed by atoms with Gasteiger partial charge >= 0.3 is 0 Å². The molecule has 1 N–H and O–H groups in total. The summed E-state index contributed by atoms with van der Waals surface area (Å²) in [5.41, 5.74) is 0.730. The highest BCUT2D eigenvalue weighted by atomic mass is 16.5. The van der Waals surface area contributed by atoms with E-state index in [4.69, 9.17) is 4.74 Å². The van der Waals surface area contributed by atoms with Crippen LogP contribution in [0.25, 0.3) is 0 Å². The van der Waals surface area contributed by atoms with Crippen molar-refractivity contribution in [2.75, 3.05) is 13.1 Å². The third-order valence-electron chi connectivity index (χ3n) is 4.89. The summed E-state index contributed by atoms with van der Waals surface area (Å²) < 4.78 is 5.78. The number of hydrogen-bond acceptors (Lipinski definition) is 3. The molecule has 1 amide bonds. The van der Waals surface area contributed by atoms with Gasteiger partial charge in [0.15, 0.2) is 0 Å². The van der Waals surface area contributed by atoms with Crippen LogP contribution in [0.2, 0.25) is 0 Å². The lowest BCUT2D eigenvalue weighted by Crippen LogP contribution is -2.39. The summed E-state index contributed by atoms with van der Waals surface area (Å²) in [6, 6.07) is 18.2. The van der Waals surface area contributed by atoms with Crippen LogP contribution in [0.5, 0.6) is 11.5 Å². The number of ether oxygens (including phenoxy) is 1. The normalized spacial score (nSPS) is 22.9. The second kappa shape index (κ2) is 6.65. The van der Waals surface area contributed by atoms with E-state index in [9.17, 15) is 4.79 Å². The van der Waals surface area contributed by atoms with Crippen LogP contribution in [0, 0.1) is 0 Å². The fourth-order valence-corrected chi connectivity index (χ4v) is 3.60. The van der Waals surface area contributed by atoms with Gasteiger partial charge in [-0.05, 0) is 55.7 Å². The summed E-state index contributed by atoms with van der Waals surface area (Å²) in [4.78, 5) is 14.7. The van der Waals surface area contributed by atoms with Gasteiger partial charge < -0.3 is 15.0 Å². The SMILES string of the molecule is O=C(c1ccc(Oc2ccccc2)cc1)N1CCC2CCC(C1)N2. The summed E-state index contributed by atoms with van der Waals surface area (Å²) in [7, 11) is 0. The van der Waals surface area contributed by atoms with Gasteiger partial charge in [-0.1, -0.05) is 18.2 Å². The van der Waals surface area contributed by atoms with Gasteiger partial charge in [-0.25, -0.2) is 0 Å². The molecule has 24 heavy (non-hydrogen) atoms. The molecule has 2 heterocycles. The number of amides is 1. The minimum Gasteiger partial charge on any atom is -0.457 e. The molecule has 0 saturated carbocycles. The number of likely N-dealkylation sites (tertiary alicyclic amines) is 1. The first-order valence-corrected chi connectivity index (χ1v) is 8.66. The molecular weight excluding hydrogens is 300 g/mol. The van der Waals surface area contributed by atoms with E-state index >= 15 is 0 Å². The number of carbonyl (C=O) groups is 1. The molecule has 2 aliphatic rings. The first-order valence-electron chi connectivity index (χ1n) is 8.66. The number of fused-ring (bicyclic) bond motifs is 2. The van der Waals surface area contributed by atoms with Gasteiger partial charge in [-0.3, -0.25) is 4.79 Å². The molecular formula is C20H22N2O2. The minimum atomic E-state index is 0.121. The van der Waals surface area contributed by atoms with Crippen LogP contribution < -0.4 is 10.1 Å². The quantitative estimate of drug-likeness (QED) is 0.941. The van der Waals surface area contributed by atoms with Crippen LogP contribution in [0.3, 0.4) is 0 Å². The zero-order valence-corrected chi connectivity index (χ0v) is 13.7. The highest BCUT2D eigenvalue weighted by Gasteiger charge is 2.31. The lowest BCUT2D eigenvalue weighted by molar-refractivity contribution is 0.0748. The van der Waals surface area contributed by atoms with Crippen molar-refractivity contribution in [1.29, 1.82) is 0 Å². The molecule has 2 bridgehead atoms. The van der Waals surface area contributed by atoms with E-state index in [0.29, 0.717) is 12.1 Å². The number of nitrogens with one attached hydrogen (secondary N) is 1. The van der Waals surface area contributed by atoms with Gasteiger partial charge in [0.1, 0.15) is 11.5 Å². The highest BCUT2D eigenvalue weighted by Crippen LogP contribution is 2.24. The maximum absolute atomic E-state index is 12.8. The van der Waals surface area contributed by atoms with Crippen molar-refractivity contribution < 1.29 is 9.53 Å². The molecule has 0 aliphatic carbocycles. The molecule has 2 atom stereocenters. The van der Waals surface area contributed by atoms with Crippen molar-refractivity contribution in [2.24, 2.45) is 0 Å². The molecule has 2 aliphatic heterocycles. The highest BCUT2D eigenvalue weighted by molar-refractivity contribution is 5.94. The van der Waals surface area contributed by atoms with E-state index in [1.165, 1.54) is 12.8 Å². The number of carbonyl (C=O) groups excluding carboxylic acids is 1. The lowest BCUT2D eigenvalue weighted by Gasteiger charge is -2.24. The van der Waals surface area contributed by atoms with Gasteiger partial charge in [0, 0.05) is 30.7 Å². The third-order valence-corrected chi connectivity index (χ3v) is 4.89. The molecule has 2 unspecified atom stereocenters. The molecule has 0 radical (unpaired) electrons. The number of rotatable bonds is 3. The number of benzene rings is 2. The van der Waals surface area contributed by atoms with E-state index in [0.717, 1.165) is 36.6 Å². The van der Waals surface area contributed by atoms with E-state index in [2.05, 4.69) is 5.32 Å².